The van der Waals surface area contributed by atoms with Crippen molar-refractivity contribution in [3.63, 3.8) is 0 Å². The molecular formula is C21H19N3O5. The molecule has 0 unspecified atom stereocenters. The maximum absolute atomic E-state index is 11.8. The molecule has 0 bridgehead atoms. The van der Waals surface area contributed by atoms with E-state index in [0.29, 0.717) is 23.0 Å². The van der Waals surface area contributed by atoms with Gasteiger partial charge >= 0.3 is 11.9 Å². The van der Waals surface area contributed by atoms with Crippen LogP contribution >= 0.6 is 0 Å². The summed E-state index contributed by atoms with van der Waals surface area (Å²) >= 11 is 0. The minimum Gasteiger partial charge on any atom is -0.466 e. The summed E-state index contributed by atoms with van der Waals surface area (Å²) in [6.45, 7) is 1.99. The fourth-order valence-electron chi connectivity index (χ4n) is 2.53. The second-order valence-corrected chi connectivity index (χ2v) is 6.07. The lowest BCUT2D eigenvalue weighted by molar-refractivity contribution is -0.138. The number of esters is 2. The van der Waals surface area contributed by atoms with Crippen LogP contribution in [-0.4, -0.2) is 36.3 Å². The molecule has 3 aromatic rings. The van der Waals surface area contributed by atoms with E-state index in [1.165, 1.54) is 14.2 Å². The van der Waals surface area contributed by atoms with E-state index in [9.17, 15) is 9.59 Å². The smallest absolute Gasteiger partial charge is 0.354 e. The second-order valence-electron chi connectivity index (χ2n) is 6.07. The van der Waals surface area contributed by atoms with Gasteiger partial charge in [-0.3, -0.25) is 0 Å². The van der Waals surface area contributed by atoms with E-state index in [4.69, 9.17) is 4.52 Å². The first-order chi connectivity index (χ1) is 14.0. The van der Waals surface area contributed by atoms with Crippen LogP contribution in [0.1, 0.15) is 5.56 Å². The SMILES string of the molecule is COC(=O)/C=C(/Nc1ccc(-c2nc(-c3cccc(C)c3)no2)cc1)C(=O)OC. The number of carbonyl (C=O) groups is 2. The fourth-order valence-corrected chi connectivity index (χ4v) is 2.53. The Labute approximate surface area is 167 Å². The normalized spacial score (nSPS) is 11.1. The van der Waals surface area contributed by atoms with Gasteiger partial charge in [0.15, 0.2) is 0 Å². The number of hydrogen-bond acceptors (Lipinski definition) is 8. The highest BCUT2D eigenvalue weighted by Gasteiger charge is 2.14. The molecule has 0 saturated heterocycles. The molecule has 29 heavy (non-hydrogen) atoms. The predicted molar refractivity (Wildman–Crippen MR) is 106 cm³/mol. The number of aromatic nitrogens is 2. The Hall–Kier alpha value is -3.94. The minimum absolute atomic E-state index is 0.0494. The van der Waals surface area contributed by atoms with Crippen LogP contribution in [0.15, 0.2) is 64.8 Å². The lowest BCUT2D eigenvalue weighted by atomic mass is 10.1. The van der Waals surface area contributed by atoms with Crippen molar-refractivity contribution >= 4 is 17.6 Å². The summed E-state index contributed by atoms with van der Waals surface area (Å²) in [6, 6.07) is 14.7. The van der Waals surface area contributed by atoms with E-state index >= 15 is 0 Å². The maximum atomic E-state index is 11.8. The molecule has 0 fully saturated rings. The average Bonchev–Trinajstić information content (AvgIpc) is 3.23. The molecule has 0 aliphatic heterocycles. The fraction of sp³-hybridized carbons (Fsp3) is 0.143. The summed E-state index contributed by atoms with van der Waals surface area (Å²) in [6.07, 6.45) is 1.02. The van der Waals surface area contributed by atoms with E-state index in [-0.39, 0.29) is 5.70 Å². The quantitative estimate of drug-likeness (QED) is 0.502. The van der Waals surface area contributed by atoms with E-state index in [0.717, 1.165) is 17.2 Å². The summed E-state index contributed by atoms with van der Waals surface area (Å²) < 4.78 is 14.6. The number of anilines is 1. The van der Waals surface area contributed by atoms with E-state index in [1.807, 2.05) is 31.2 Å². The van der Waals surface area contributed by atoms with Crippen molar-refractivity contribution in [2.45, 2.75) is 6.92 Å². The van der Waals surface area contributed by atoms with Crippen LogP contribution < -0.4 is 5.32 Å². The summed E-state index contributed by atoms with van der Waals surface area (Å²) in [5.74, 6) is -0.505. The van der Waals surface area contributed by atoms with Gasteiger partial charge in [0.05, 0.1) is 20.3 Å². The number of aryl methyl sites for hydroxylation is 1. The van der Waals surface area contributed by atoms with Gasteiger partial charge in [-0.15, -0.1) is 0 Å². The minimum atomic E-state index is -0.695. The molecule has 148 valence electrons. The highest BCUT2D eigenvalue weighted by atomic mass is 16.5. The third-order valence-corrected chi connectivity index (χ3v) is 3.98. The molecule has 0 aliphatic rings. The van der Waals surface area contributed by atoms with Gasteiger partial charge in [-0.25, -0.2) is 9.59 Å². The average molecular weight is 393 g/mol. The highest BCUT2D eigenvalue weighted by Crippen LogP contribution is 2.24. The number of carbonyl (C=O) groups excluding carboxylic acids is 2. The van der Waals surface area contributed by atoms with Gasteiger partial charge in [-0.05, 0) is 37.3 Å². The van der Waals surface area contributed by atoms with Gasteiger partial charge in [0.1, 0.15) is 5.70 Å². The summed E-state index contributed by atoms with van der Waals surface area (Å²) in [5, 5.41) is 6.86. The van der Waals surface area contributed by atoms with Crippen molar-refractivity contribution in [1.29, 1.82) is 0 Å². The molecule has 0 atom stereocenters. The molecule has 3 rings (SSSR count). The Balaban J connectivity index is 1.79. The zero-order valence-electron chi connectivity index (χ0n) is 16.1. The number of benzene rings is 2. The summed E-state index contributed by atoms with van der Waals surface area (Å²) in [4.78, 5) is 27.7. The highest BCUT2D eigenvalue weighted by molar-refractivity contribution is 5.98. The monoisotopic (exact) mass is 393 g/mol. The molecule has 0 amide bonds. The number of hydrogen-bond donors (Lipinski definition) is 1. The van der Waals surface area contributed by atoms with Crippen molar-refractivity contribution < 1.29 is 23.6 Å². The largest absolute Gasteiger partial charge is 0.466 e. The van der Waals surface area contributed by atoms with Crippen LogP contribution in [0, 0.1) is 6.92 Å². The lowest BCUT2D eigenvalue weighted by Gasteiger charge is -2.09. The molecule has 8 heteroatoms. The van der Waals surface area contributed by atoms with E-state index < -0.39 is 11.9 Å². The Morgan fingerprint density at radius 2 is 1.79 bits per heavy atom. The maximum Gasteiger partial charge on any atom is 0.354 e. The molecule has 0 spiro atoms. The van der Waals surface area contributed by atoms with Crippen LogP contribution in [0.3, 0.4) is 0 Å². The molecule has 1 aromatic heterocycles. The molecule has 1 N–H and O–H groups in total. The van der Waals surface area contributed by atoms with Crippen molar-refractivity contribution in [1.82, 2.24) is 10.1 Å². The molecule has 2 aromatic carbocycles. The zero-order chi connectivity index (χ0) is 20.8. The van der Waals surface area contributed by atoms with Crippen LogP contribution in [0.4, 0.5) is 5.69 Å². The first-order valence-electron chi connectivity index (χ1n) is 8.66. The first-order valence-corrected chi connectivity index (χ1v) is 8.66. The van der Waals surface area contributed by atoms with Crippen molar-refractivity contribution in [2.24, 2.45) is 0 Å². The Morgan fingerprint density at radius 3 is 2.45 bits per heavy atom. The summed E-state index contributed by atoms with van der Waals surface area (Å²) in [7, 11) is 2.44. The number of methoxy groups -OCH3 is 2. The number of nitrogens with zero attached hydrogens (tertiary/aromatic N) is 2. The Kier molecular flexibility index (Phi) is 6.03. The van der Waals surface area contributed by atoms with Crippen molar-refractivity contribution in [2.75, 3.05) is 19.5 Å². The number of rotatable bonds is 6. The van der Waals surface area contributed by atoms with Crippen molar-refractivity contribution in [3.8, 4) is 22.8 Å². The van der Waals surface area contributed by atoms with Gasteiger partial charge in [-0.1, -0.05) is 28.9 Å². The lowest BCUT2D eigenvalue weighted by Crippen LogP contribution is -2.15. The molecule has 0 aliphatic carbocycles. The van der Waals surface area contributed by atoms with Gasteiger partial charge in [0.25, 0.3) is 5.89 Å². The number of nitrogens with one attached hydrogen (secondary N) is 1. The Bertz CT molecular complexity index is 1050. The van der Waals surface area contributed by atoms with Gasteiger partial charge in [0, 0.05) is 16.8 Å². The number of ether oxygens (including phenoxy) is 2. The van der Waals surface area contributed by atoms with Crippen LogP contribution in [0.5, 0.6) is 0 Å². The summed E-state index contributed by atoms with van der Waals surface area (Å²) in [5.41, 5.74) is 3.19. The predicted octanol–water partition coefficient (Wildman–Crippen LogP) is 3.35. The van der Waals surface area contributed by atoms with Gasteiger partial charge in [0.2, 0.25) is 5.82 Å². The van der Waals surface area contributed by atoms with Crippen LogP contribution in [0.25, 0.3) is 22.8 Å². The zero-order valence-corrected chi connectivity index (χ0v) is 16.1. The van der Waals surface area contributed by atoms with E-state index in [2.05, 4.69) is 24.9 Å². The standard InChI is InChI=1S/C21H19N3O5/c1-13-5-4-6-15(11-13)19-23-20(29-24-19)14-7-9-16(10-8-14)22-17(21(26)28-3)12-18(25)27-2/h4-12,22H,1-3H3/b17-12+. The molecular weight excluding hydrogens is 374 g/mol. The third kappa shape index (κ3) is 4.86. The molecule has 8 nitrogen and oxygen atoms in total. The Morgan fingerprint density at radius 1 is 1.03 bits per heavy atom. The van der Waals surface area contributed by atoms with Crippen LogP contribution in [0.2, 0.25) is 0 Å². The molecule has 0 saturated carbocycles. The van der Waals surface area contributed by atoms with E-state index in [1.54, 1.807) is 24.3 Å². The van der Waals surface area contributed by atoms with Crippen molar-refractivity contribution in [3.05, 3.63) is 65.9 Å². The van der Waals surface area contributed by atoms with Crippen LogP contribution in [-0.2, 0) is 19.1 Å². The third-order valence-electron chi connectivity index (χ3n) is 3.98. The van der Waals surface area contributed by atoms with Gasteiger partial charge in [-0.2, -0.15) is 4.98 Å². The topological polar surface area (TPSA) is 104 Å². The molecule has 1 heterocycles. The first kappa shape index (κ1) is 19.8. The second kappa shape index (κ2) is 8.83. The van der Waals surface area contributed by atoms with Gasteiger partial charge < -0.3 is 19.3 Å². The molecule has 0 radical (unpaired) electrons.